The lowest BCUT2D eigenvalue weighted by Gasteiger charge is -2.08. The highest BCUT2D eigenvalue weighted by molar-refractivity contribution is 5.76. The topological polar surface area (TPSA) is 89.3 Å². The summed E-state index contributed by atoms with van der Waals surface area (Å²) >= 11 is 0. The molecule has 2 heterocycles. The highest BCUT2D eigenvalue weighted by atomic mass is 16.5. The Morgan fingerprint density at radius 3 is 2.96 bits per heavy atom. The van der Waals surface area contributed by atoms with E-state index in [2.05, 4.69) is 20.8 Å². The van der Waals surface area contributed by atoms with Gasteiger partial charge in [-0.05, 0) is 56.1 Å². The second-order valence-corrected chi connectivity index (χ2v) is 6.24. The van der Waals surface area contributed by atoms with Gasteiger partial charge in [0, 0.05) is 24.9 Å². The highest BCUT2D eigenvalue weighted by Crippen LogP contribution is 2.20. The summed E-state index contributed by atoms with van der Waals surface area (Å²) in [6.07, 6.45) is 3.03. The van der Waals surface area contributed by atoms with Crippen molar-refractivity contribution >= 4 is 5.91 Å². The van der Waals surface area contributed by atoms with Gasteiger partial charge in [0.25, 0.3) is 0 Å². The fourth-order valence-corrected chi connectivity index (χ4v) is 2.90. The van der Waals surface area contributed by atoms with Crippen molar-refractivity contribution in [3.63, 3.8) is 0 Å². The van der Waals surface area contributed by atoms with Gasteiger partial charge in [-0.1, -0.05) is 5.16 Å². The summed E-state index contributed by atoms with van der Waals surface area (Å²) in [5.41, 5.74) is 0.852. The van der Waals surface area contributed by atoms with Crippen LogP contribution in [0.2, 0.25) is 0 Å². The number of methoxy groups -OCH3 is 1. The van der Waals surface area contributed by atoms with E-state index in [0.29, 0.717) is 30.5 Å². The lowest BCUT2D eigenvalue weighted by Crippen LogP contribution is -2.26. The third-order valence-electron chi connectivity index (χ3n) is 4.42. The molecule has 1 fully saturated rings. The minimum Gasteiger partial charge on any atom is -0.497 e. The number of hydrogen-bond donors (Lipinski definition) is 2. The summed E-state index contributed by atoms with van der Waals surface area (Å²) in [5.74, 6) is 2.48. The Balaban J connectivity index is 1.42. The second kappa shape index (κ2) is 8.62. The third-order valence-corrected chi connectivity index (χ3v) is 4.42. The van der Waals surface area contributed by atoms with Gasteiger partial charge in [-0.15, -0.1) is 0 Å². The van der Waals surface area contributed by atoms with Gasteiger partial charge in [0.2, 0.25) is 17.6 Å². The lowest BCUT2D eigenvalue weighted by molar-refractivity contribution is -0.121. The van der Waals surface area contributed by atoms with Crippen LogP contribution in [-0.4, -0.2) is 42.8 Å². The molecule has 7 heteroatoms. The SMILES string of the molecule is COc1ccc(-c2noc(CCC(=O)NCCC3CCNC3)n2)cc1. The van der Waals surface area contributed by atoms with Crippen molar-refractivity contribution in [1.82, 2.24) is 20.8 Å². The predicted molar refractivity (Wildman–Crippen MR) is 93.2 cm³/mol. The van der Waals surface area contributed by atoms with Crippen molar-refractivity contribution < 1.29 is 14.1 Å². The van der Waals surface area contributed by atoms with Gasteiger partial charge in [-0.2, -0.15) is 4.98 Å². The molecule has 1 aromatic carbocycles. The normalized spacial score (nSPS) is 16.8. The molecule has 0 aliphatic carbocycles. The Morgan fingerprint density at radius 1 is 1.40 bits per heavy atom. The van der Waals surface area contributed by atoms with Crippen LogP contribution < -0.4 is 15.4 Å². The number of carbonyl (C=O) groups excluding carboxylic acids is 1. The Hall–Kier alpha value is -2.41. The zero-order valence-corrected chi connectivity index (χ0v) is 14.5. The molecule has 2 N–H and O–H groups in total. The molecule has 2 aromatic rings. The van der Waals surface area contributed by atoms with Crippen molar-refractivity contribution in [3.8, 4) is 17.1 Å². The number of amides is 1. The summed E-state index contributed by atoms with van der Waals surface area (Å²) in [6, 6.07) is 7.44. The average molecular weight is 344 g/mol. The zero-order chi connectivity index (χ0) is 17.5. The van der Waals surface area contributed by atoms with Gasteiger partial charge in [0.1, 0.15) is 5.75 Å². The predicted octanol–water partition coefficient (Wildman–Crippen LogP) is 1.79. The molecular weight excluding hydrogens is 320 g/mol. The van der Waals surface area contributed by atoms with Crippen molar-refractivity contribution in [1.29, 1.82) is 0 Å². The average Bonchev–Trinajstić information content (AvgIpc) is 3.32. The maximum atomic E-state index is 11.9. The molecular formula is C18H24N4O3. The summed E-state index contributed by atoms with van der Waals surface area (Å²) in [5, 5.41) is 10.3. The third kappa shape index (κ3) is 5.03. The van der Waals surface area contributed by atoms with E-state index in [1.54, 1.807) is 7.11 Å². The molecule has 1 atom stereocenters. The maximum Gasteiger partial charge on any atom is 0.227 e. The molecule has 0 saturated carbocycles. The van der Waals surface area contributed by atoms with Gasteiger partial charge < -0.3 is 19.9 Å². The molecule has 0 radical (unpaired) electrons. The molecule has 3 rings (SSSR count). The van der Waals surface area contributed by atoms with E-state index in [1.165, 1.54) is 6.42 Å². The molecule has 1 unspecified atom stereocenters. The van der Waals surface area contributed by atoms with Crippen molar-refractivity contribution in [2.24, 2.45) is 5.92 Å². The van der Waals surface area contributed by atoms with Crippen molar-refractivity contribution in [3.05, 3.63) is 30.2 Å². The molecule has 1 amide bonds. The summed E-state index contributed by atoms with van der Waals surface area (Å²) in [4.78, 5) is 16.3. The van der Waals surface area contributed by atoms with Crippen LogP contribution in [0.5, 0.6) is 5.75 Å². The Morgan fingerprint density at radius 2 is 2.24 bits per heavy atom. The van der Waals surface area contributed by atoms with Crippen LogP contribution in [0.15, 0.2) is 28.8 Å². The number of hydrogen-bond acceptors (Lipinski definition) is 6. The molecule has 7 nitrogen and oxygen atoms in total. The molecule has 1 aromatic heterocycles. The van der Waals surface area contributed by atoms with Crippen molar-refractivity contribution in [2.75, 3.05) is 26.7 Å². The Bertz CT molecular complexity index is 678. The summed E-state index contributed by atoms with van der Waals surface area (Å²) < 4.78 is 10.4. The van der Waals surface area contributed by atoms with Crippen LogP contribution in [0.1, 0.15) is 25.2 Å². The highest BCUT2D eigenvalue weighted by Gasteiger charge is 2.15. The number of aromatic nitrogens is 2. The zero-order valence-electron chi connectivity index (χ0n) is 14.5. The molecule has 1 aliphatic rings. The Kier molecular flexibility index (Phi) is 6.00. The molecule has 134 valence electrons. The van der Waals surface area contributed by atoms with E-state index in [1.807, 2.05) is 24.3 Å². The van der Waals surface area contributed by atoms with Gasteiger partial charge in [0.15, 0.2) is 0 Å². The smallest absolute Gasteiger partial charge is 0.227 e. The summed E-state index contributed by atoms with van der Waals surface area (Å²) in [7, 11) is 1.62. The van der Waals surface area contributed by atoms with E-state index < -0.39 is 0 Å². The van der Waals surface area contributed by atoms with Gasteiger partial charge in [-0.25, -0.2) is 0 Å². The first-order chi connectivity index (χ1) is 12.2. The number of nitrogens with one attached hydrogen (secondary N) is 2. The second-order valence-electron chi connectivity index (χ2n) is 6.24. The Labute approximate surface area is 147 Å². The van der Waals surface area contributed by atoms with E-state index >= 15 is 0 Å². The van der Waals surface area contributed by atoms with Crippen LogP contribution >= 0.6 is 0 Å². The van der Waals surface area contributed by atoms with Crippen LogP contribution in [0.4, 0.5) is 0 Å². The number of ether oxygens (including phenoxy) is 1. The maximum absolute atomic E-state index is 11.9. The van der Waals surface area contributed by atoms with E-state index in [-0.39, 0.29) is 5.91 Å². The lowest BCUT2D eigenvalue weighted by atomic mass is 10.1. The monoisotopic (exact) mass is 344 g/mol. The largest absolute Gasteiger partial charge is 0.497 e. The number of aryl methyl sites for hydroxylation is 1. The molecule has 0 bridgehead atoms. The molecule has 0 spiro atoms. The minimum atomic E-state index is 0.0233. The van der Waals surface area contributed by atoms with Crippen LogP contribution in [-0.2, 0) is 11.2 Å². The van der Waals surface area contributed by atoms with E-state index in [9.17, 15) is 4.79 Å². The first-order valence-electron chi connectivity index (χ1n) is 8.69. The minimum absolute atomic E-state index is 0.0233. The van der Waals surface area contributed by atoms with Gasteiger partial charge in [0.05, 0.1) is 7.11 Å². The molecule has 25 heavy (non-hydrogen) atoms. The number of rotatable bonds is 8. The summed E-state index contributed by atoms with van der Waals surface area (Å²) in [6.45, 7) is 2.88. The van der Waals surface area contributed by atoms with Gasteiger partial charge >= 0.3 is 0 Å². The van der Waals surface area contributed by atoms with E-state index in [0.717, 1.165) is 37.4 Å². The van der Waals surface area contributed by atoms with Crippen LogP contribution in [0.25, 0.3) is 11.4 Å². The van der Waals surface area contributed by atoms with Crippen LogP contribution in [0.3, 0.4) is 0 Å². The molecule has 1 saturated heterocycles. The van der Waals surface area contributed by atoms with Crippen LogP contribution in [0, 0.1) is 5.92 Å². The number of benzene rings is 1. The first kappa shape index (κ1) is 17.4. The van der Waals surface area contributed by atoms with Gasteiger partial charge in [-0.3, -0.25) is 4.79 Å². The quantitative estimate of drug-likeness (QED) is 0.759. The first-order valence-corrected chi connectivity index (χ1v) is 8.69. The number of carbonyl (C=O) groups is 1. The van der Waals surface area contributed by atoms with E-state index in [4.69, 9.17) is 9.26 Å². The fraction of sp³-hybridized carbons (Fsp3) is 0.500. The molecule has 1 aliphatic heterocycles. The standard InChI is InChI=1S/C18H24N4O3/c1-24-15-4-2-14(3-5-15)18-21-17(25-22-18)7-6-16(23)20-11-9-13-8-10-19-12-13/h2-5,13,19H,6-12H2,1H3,(H,20,23). The fourth-order valence-electron chi connectivity index (χ4n) is 2.90. The number of nitrogens with zero attached hydrogens (tertiary/aromatic N) is 2. The van der Waals surface area contributed by atoms with Crippen molar-refractivity contribution in [2.45, 2.75) is 25.7 Å².